The van der Waals surface area contributed by atoms with Crippen molar-refractivity contribution in [2.24, 2.45) is 5.92 Å². The molecule has 1 atom stereocenters. The molecule has 204 valence electrons. The molecule has 1 aromatic heterocycles. The van der Waals surface area contributed by atoms with E-state index in [1.807, 2.05) is 71.3 Å². The number of hydrogen-bond acceptors (Lipinski definition) is 4. The second-order valence-corrected chi connectivity index (χ2v) is 9.74. The van der Waals surface area contributed by atoms with Crippen molar-refractivity contribution in [2.75, 3.05) is 19.8 Å². The predicted molar refractivity (Wildman–Crippen MR) is 157 cm³/mol. The van der Waals surface area contributed by atoms with E-state index in [0.717, 1.165) is 47.8 Å². The van der Waals surface area contributed by atoms with Gasteiger partial charge in [0, 0.05) is 25.4 Å². The highest BCUT2D eigenvalue weighted by Gasteiger charge is 2.13. The lowest BCUT2D eigenvalue weighted by Crippen LogP contribution is -2.27. The van der Waals surface area contributed by atoms with Crippen molar-refractivity contribution >= 4 is 5.91 Å². The summed E-state index contributed by atoms with van der Waals surface area (Å²) in [4.78, 5) is 17.2. The van der Waals surface area contributed by atoms with Crippen LogP contribution >= 0.6 is 0 Å². The van der Waals surface area contributed by atoms with Crippen molar-refractivity contribution in [3.05, 3.63) is 97.1 Å². The van der Waals surface area contributed by atoms with Crippen LogP contribution in [0.4, 0.5) is 0 Å². The summed E-state index contributed by atoms with van der Waals surface area (Å²) in [5, 5.41) is 3.01. The normalized spacial score (nSPS) is 11.7. The summed E-state index contributed by atoms with van der Waals surface area (Å²) in [7, 11) is 0. The molecule has 0 bridgehead atoms. The molecule has 4 aromatic rings. The molecule has 0 saturated carbocycles. The average molecular weight is 526 g/mol. The van der Waals surface area contributed by atoms with E-state index in [4.69, 9.17) is 9.47 Å². The number of hydrogen-bond donors (Lipinski definition) is 1. The van der Waals surface area contributed by atoms with Gasteiger partial charge in [0.05, 0.1) is 12.5 Å². The zero-order valence-electron chi connectivity index (χ0n) is 23.0. The topological polar surface area (TPSA) is 65.4 Å². The van der Waals surface area contributed by atoms with Crippen LogP contribution < -0.4 is 10.1 Å². The van der Waals surface area contributed by atoms with Crippen molar-refractivity contribution in [1.29, 1.82) is 0 Å². The first-order chi connectivity index (χ1) is 19.2. The van der Waals surface area contributed by atoms with Gasteiger partial charge in [-0.05, 0) is 66.3 Å². The Balaban J connectivity index is 1.31. The molecule has 1 heterocycles. The van der Waals surface area contributed by atoms with E-state index in [1.165, 1.54) is 19.3 Å². The van der Waals surface area contributed by atoms with Crippen LogP contribution in [-0.4, -0.2) is 35.2 Å². The van der Waals surface area contributed by atoms with Gasteiger partial charge in [0.2, 0.25) is 0 Å². The third-order valence-corrected chi connectivity index (χ3v) is 6.81. The van der Waals surface area contributed by atoms with E-state index in [2.05, 4.69) is 36.3 Å². The first kappa shape index (κ1) is 28.1. The fourth-order valence-electron chi connectivity index (χ4n) is 4.46. The van der Waals surface area contributed by atoms with E-state index < -0.39 is 0 Å². The van der Waals surface area contributed by atoms with Gasteiger partial charge >= 0.3 is 0 Å². The van der Waals surface area contributed by atoms with Crippen LogP contribution in [0.1, 0.15) is 56.4 Å². The lowest BCUT2D eigenvalue weighted by Gasteiger charge is -2.14. The molecule has 0 radical (unpaired) electrons. The van der Waals surface area contributed by atoms with E-state index >= 15 is 0 Å². The lowest BCUT2D eigenvalue weighted by atomic mass is 10.0. The number of nitrogens with zero attached hydrogens (tertiary/aromatic N) is 2. The second kappa shape index (κ2) is 14.9. The van der Waals surface area contributed by atoms with Gasteiger partial charge < -0.3 is 14.8 Å². The number of aromatic nitrogens is 2. The zero-order valence-corrected chi connectivity index (χ0v) is 23.0. The van der Waals surface area contributed by atoms with Crippen LogP contribution in [0.2, 0.25) is 0 Å². The highest BCUT2D eigenvalue weighted by molar-refractivity contribution is 5.93. The summed E-state index contributed by atoms with van der Waals surface area (Å²) in [6.07, 6.45) is 8.91. The quantitative estimate of drug-likeness (QED) is 0.162. The van der Waals surface area contributed by atoms with Gasteiger partial charge in [-0.2, -0.15) is 0 Å². The number of rotatable bonds is 15. The molecule has 6 heteroatoms. The molecule has 0 aliphatic rings. The Bertz CT molecular complexity index is 1290. The number of unbranched alkanes of at least 4 members (excludes halogenated alkanes) is 1. The highest BCUT2D eigenvalue weighted by Crippen LogP contribution is 2.27. The molecule has 4 rings (SSSR count). The molecular formula is C33H39N3O3. The van der Waals surface area contributed by atoms with Gasteiger partial charge in [0.15, 0.2) is 0 Å². The minimum atomic E-state index is -0.144. The number of nitrogens with one attached hydrogen (secondary N) is 1. The summed E-state index contributed by atoms with van der Waals surface area (Å²) in [5.74, 6) is 2.07. The van der Waals surface area contributed by atoms with Gasteiger partial charge in [-0.3, -0.25) is 9.36 Å². The standard InChI is InChI=1S/C33H39N3O3/c1-3-5-11-26(4-2)24-38-21-10-20-35-33(37)32-23-34-25-36(32)29-13-9-12-28(22-29)27-16-18-31(19-17-27)39-30-14-7-6-8-15-30/h6-9,12-19,22-23,25-26H,3-5,10-11,20-21,24H2,1-2H3,(H,35,37)/t26-/m1/s1. The molecule has 1 amide bonds. The van der Waals surface area contributed by atoms with Gasteiger partial charge in [0.1, 0.15) is 17.2 Å². The number of amides is 1. The Morgan fingerprint density at radius 1 is 0.923 bits per heavy atom. The van der Waals surface area contributed by atoms with Gasteiger partial charge in [-0.1, -0.05) is 75.6 Å². The number of imidazole rings is 1. The first-order valence-corrected chi connectivity index (χ1v) is 14.0. The monoisotopic (exact) mass is 525 g/mol. The number of carbonyl (C=O) groups is 1. The van der Waals surface area contributed by atoms with Crippen molar-refractivity contribution < 1.29 is 14.3 Å². The van der Waals surface area contributed by atoms with Crippen LogP contribution in [0.3, 0.4) is 0 Å². The first-order valence-electron chi connectivity index (χ1n) is 14.0. The Morgan fingerprint density at radius 3 is 2.49 bits per heavy atom. The van der Waals surface area contributed by atoms with Crippen molar-refractivity contribution in [3.63, 3.8) is 0 Å². The molecule has 0 spiro atoms. The predicted octanol–water partition coefficient (Wildman–Crippen LogP) is 7.68. The molecule has 3 aromatic carbocycles. The fraction of sp³-hybridized carbons (Fsp3) is 0.333. The Morgan fingerprint density at radius 2 is 1.72 bits per heavy atom. The van der Waals surface area contributed by atoms with Crippen LogP contribution in [0.5, 0.6) is 11.5 Å². The molecule has 0 unspecified atom stereocenters. The van der Waals surface area contributed by atoms with Crippen LogP contribution in [-0.2, 0) is 4.74 Å². The molecule has 39 heavy (non-hydrogen) atoms. The van der Waals surface area contributed by atoms with Gasteiger partial charge in [-0.15, -0.1) is 0 Å². The Hall–Kier alpha value is -3.90. The summed E-state index contributed by atoms with van der Waals surface area (Å²) in [6.45, 7) is 6.46. The third kappa shape index (κ3) is 8.29. The van der Waals surface area contributed by atoms with E-state index in [9.17, 15) is 4.79 Å². The van der Waals surface area contributed by atoms with E-state index in [-0.39, 0.29) is 5.91 Å². The summed E-state index contributed by atoms with van der Waals surface area (Å²) in [5.41, 5.74) is 3.48. The summed E-state index contributed by atoms with van der Waals surface area (Å²) >= 11 is 0. The summed E-state index contributed by atoms with van der Waals surface area (Å²) in [6, 6.07) is 25.8. The maximum absolute atomic E-state index is 12.9. The number of carbonyl (C=O) groups excluding carboxylic acids is 1. The number of para-hydroxylation sites is 1. The van der Waals surface area contributed by atoms with Crippen LogP contribution in [0.15, 0.2) is 91.4 Å². The van der Waals surface area contributed by atoms with E-state index in [1.54, 1.807) is 12.5 Å². The minimum Gasteiger partial charge on any atom is -0.457 e. The molecule has 0 saturated heterocycles. The molecule has 0 fully saturated rings. The lowest BCUT2D eigenvalue weighted by molar-refractivity contribution is 0.0872. The summed E-state index contributed by atoms with van der Waals surface area (Å²) < 4.78 is 13.6. The number of ether oxygens (including phenoxy) is 2. The molecule has 0 aliphatic heterocycles. The SMILES string of the molecule is CCCC[C@@H](CC)COCCCNC(=O)c1cncn1-c1cccc(-c2ccc(Oc3ccccc3)cc2)c1. The smallest absolute Gasteiger partial charge is 0.269 e. The van der Waals surface area contributed by atoms with Crippen LogP contribution in [0.25, 0.3) is 16.8 Å². The molecule has 0 aliphatic carbocycles. The minimum absolute atomic E-state index is 0.144. The van der Waals surface area contributed by atoms with Crippen LogP contribution in [0, 0.1) is 5.92 Å². The fourth-order valence-corrected chi connectivity index (χ4v) is 4.46. The largest absolute Gasteiger partial charge is 0.457 e. The maximum atomic E-state index is 12.9. The highest BCUT2D eigenvalue weighted by atomic mass is 16.5. The average Bonchev–Trinajstić information content (AvgIpc) is 3.48. The Kier molecular flexibility index (Phi) is 10.7. The molecular weight excluding hydrogens is 486 g/mol. The van der Waals surface area contributed by atoms with E-state index in [0.29, 0.717) is 24.8 Å². The maximum Gasteiger partial charge on any atom is 0.269 e. The van der Waals surface area contributed by atoms with Gasteiger partial charge in [-0.25, -0.2) is 4.98 Å². The van der Waals surface area contributed by atoms with Crippen molar-refractivity contribution in [3.8, 4) is 28.3 Å². The third-order valence-electron chi connectivity index (χ3n) is 6.81. The molecule has 6 nitrogen and oxygen atoms in total. The zero-order chi connectivity index (χ0) is 27.3. The number of benzene rings is 3. The van der Waals surface area contributed by atoms with Crippen molar-refractivity contribution in [1.82, 2.24) is 14.9 Å². The Labute approximate surface area is 232 Å². The van der Waals surface area contributed by atoms with Crippen molar-refractivity contribution in [2.45, 2.75) is 46.0 Å². The molecule has 1 N–H and O–H groups in total. The van der Waals surface area contributed by atoms with Gasteiger partial charge in [0.25, 0.3) is 5.91 Å². The second-order valence-electron chi connectivity index (χ2n) is 9.74.